The summed E-state index contributed by atoms with van der Waals surface area (Å²) in [6.45, 7) is 4.67. The van der Waals surface area contributed by atoms with Crippen molar-refractivity contribution in [2.75, 3.05) is 33.4 Å². The standard InChI is InChI=1S/C16H25F2N3O.HI/c1-3-22-12-5-4-10-20-16(19-2)21-11-9-13-14(17)7-6-8-15(13)18;/h6-8H,3-5,9-12H2,1-2H3,(H2,19,20,21);1H. The predicted molar refractivity (Wildman–Crippen MR) is 101 cm³/mol. The van der Waals surface area contributed by atoms with E-state index in [1.165, 1.54) is 18.2 Å². The molecule has 1 rings (SSSR count). The zero-order valence-corrected chi connectivity index (χ0v) is 16.0. The van der Waals surface area contributed by atoms with Gasteiger partial charge in [-0.25, -0.2) is 8.78 Å². The maximum atomic E-state index is 13.5. The van der Waals surface area contributed by atoms with Crippen molar-refractivity contribution in [3.8, 4) is 0 Å². The molecule has 0 saturated heterocycles. The number of ether oxygens (including phenoxy) is 1. The number of rotatable bonds is 9. The van der Waals surface area contributed by atoms with E-state index in [1.807, 2.05) is 6.92 Å². The van der Waals surface area contributed by atoms with E-state index in [0.29, 0.717) is 12.5 Å². The number of halogens is 3. The van der Waals surface area contributed by atoms with Crippen molar-refractivity contribution < 1.29 is 13.5 Å². The summed E-state index contributed by atoms with van der Waals surface area (Å²) in [7, 11) is 1.67. The van der Waals surface area contributed by atoms with Crippen molar-refractivity contribution in [3.05, 3.63) is 35.4 Å². The van der Waals surface area contributed by atoms with Gasteiger partial charge in [0.1, 0.15) is 11.6 Å². The minimum absolute atomic E-state index is 0. The van der Waals surface area contributed by atoms with Gasteiger partial charge in [-0.2, -0.15) is 0 Å². The van der Waals surface area contributed by atoms with Crippen LogP contribution in [0.15, 0.2) is 23.2 Å². The van der Waals surface area contributed by atoms with E-state index in [1.54, 1.807) is 7.05 Å². The molecule has 0 spiro atoms. The summed E-state index contributed by atoms with van der Waals surface area (Å²) in [4.78, 5) is 4.07. The van der Waals surface area contributed by atoms with Crippen LogP contribution in [-0.2, 0) is 11.2 Å². The molecule has 0 amide bonds. The number of unbranched alkanes of at least 4 members (excludes halogenated alkanes) is 1. The van der Waals surface area contributed by atoms with Gasteiger partial charge in [0.2, 0.25) is 0 Å². The smallest absolute Gasteiger partial charge is 0.190 e. The Labute approximate surface area is 154 Å². The highest BCUT2D eigenvalue weighted by atomic mass is 127. The third kappa shape index (κ3) is 9.04. The molecular weight excluding hydrogens is 415 g/mol. The monoisotopic (exact) mass is 441 g/mol. The van der Waals surface area contributed by atoms with E-state index in [9.17, 15) is 8.78 Å². The average Bonchev–Trinajstić information content (AvgIpc) is 2.51. The van der Waals surface area contributed by atoms with E-state index in [0.717, 1.165) is 32.6 Å². The van der Waals surface area contributed by atoms with Crippen molar-refractivity contribution in [2.24, 2.45) is 4.99 Å². The Morgan fingerprint density at radius 3 is 2.39 bits per heavy atom. The summed E-state index contributed by atoms with van der Waals surface area (Å²) in [5.74, 6) is -0.394. The topological polar surface area (TPSA) is 45.6 Å². The molecule has 23 heavy (non-hydrogen) atoms. The highest BCUT2D eigenvalue weighted by molar-refractivity contribution is 14.0. The number of aliphatic imine (C=N–C) groups is 1. The molecule has 0 saturated carbocycles. The predicted octanol–water partition coefficient (Wildman–Crippen LogP) is 3.11. The summed E-state index contributed by atoms with van der Waals surface area (Å²) in [5.41, 5.74) is 0.0992. The van der Waals surface area contributed by atoms with E-state index < -0.39 is 11.6 Å². The molecule has 0 unspecified atom stereocenters. The van der Waals surface area contributed by atoms with Gasteiger partial charge in [-0.1, -0.05) is 6.07 Å². The summed E-state index contributed by atoms with van der Waals surface area (Å²) < 4.78 is 32.2. The second-order valence-electron chi connectivity index (χ2n) is 4.78. The van der Waals surface area contributed by atoms with Crippen LogP contribution in [0.2, 0.25) is 0 Å². The lowest BCUT2D eigenvalue weighted by Gasteiger charge is -2.12. The molecule has 132 valence electrons. The second kappa shape index (κ2) is 13.5. The Morgan fingerprint density at radius 2 is 1.78 bits per heavy atom. The van der Waals surface area contributed by atoms with Crippen LogP contribution in [0.5, 0.6) is 0 Å². The van der Waals surface area contributed by atoms with Crippen molar-refractivity contribution in [1.29, 1.82) is 0 Å². The first-order chi connectivity index (χ1) is 10.7. The summed E-state index contributed by atoms with van der Waals surface area (Å²) in [5, 5.41) is 6.21. The van der Waals surface area contributed by atoms with Gasteiger partial charge in [0.15, 0.2) is 5.96 Å². The lowest BCUT2D eigenvalue weighted by atomic mass is 10.1. The first-order valence-electron chi connectivity index (χ1n) is 7.64. The summed E-state index contributed by atoms with van der Waals surface area (Å²) in [6, 6.07) is 3.90. The third-order valence-corrected chi connectivity index (χ3v) is 3.16. The van der Waals surface area contributed by atoms with Gasteiger partial charge in [-0.15, -0.1) is 24.0 Å². The van der Waals surface area contributed by atoms with E-state index in [4.69, 9.17) is 4.74 Å². The largest absolute Gasteiger partial charge is 0.382 e. The Bertz CT molecular complexity index is 452. The fraction of sp³-hybridized carbons (Fsp3) is 0.562. The normalized spacial score (nSPS) is 11.0. The molecule has 0 aliphatic rings. The van der Waals surface area contributed by atoms with Crippen molar-refractivity contribution in [1.82, 2.24) is 10.6 Å². The maximum absolute atomic E-state index is 13.5. The SMILES string of the molecule is CCOCCCCNC(=NC)NCCc1c(F)cccc1F.I. The number of hydrogen-bond acceptors (Lipinski definition) is 2. The highest BCUT2D eigenvalue weighted by Gasteiger charge is 2.08. The van der Waals surface area contributed by atoms with Gasteiger partial charge in [-0.05, 0) is 38.3 Å². The fourth-order valence-electron chi connectivity index (χ4n) is 1.98. The summed E-state index contributed by atoms with van der Waals surface area (Å²) >= 11 is 0. The Balaban J connectivity index is 0.00000484. The van der Waals surface area contributed by atoms with Gasteiger partial charge < -0.3 is 15.4 Å². The van der Waals surface area contributed by atoms with Crippen molar-refractivity contribution >= 4 is 29.9 Å². The van der Waals surface area contributed by atoms with E-state index in [-0.39, 0.29) is 36.0 Å². The van der Waals surface area contributed by atoms with Crippen LogP contribution >= 0.6 is 24.0 Å². The molecule has 0 aromatic heterocycles. The zero-order chi connectivity index (χ0) is 16.2. The van der Waals surface area contributed by atoms with Crippen LogP contribution in [0.4, 0.5) is 8.78 Å². The molecule has 1 aromatic rings. The first-order valence-corrected chi connectivity index (χ1v) is 7.64. The molecular formula is C16H26F2IN3O. The van der Waals surface area contributed by atoms with Crippen LogP contribution in [0.25, 0.3) is 0 Å². The zero-order valence-electron chi connectivity index (χ0n) is 13.7. The molecule has 0 aliphatic heterocycles. The van der Waals surface area contributed by atoms with Gasteiger partial charge in [0, 0.05) is 38.9 Å². The average molecular weight is 441 g/mol. The van der Waals surface area contributed by atoms with E-state index >= 15 is 0 Å². The summed E-state index contributed by atoms with van der Waals surface area (Å²) in [6.07, 6.45) is 2.23. The number of hydrogen-bond donors (Lipinski definition) is 2. The molecule has 0 atom stereocenters. The molecule has 0 aliphatic carbocycles. The van der Waals surface area contributed by atoms with Crippen LogP contribution in [0.3, 0.4) is 0 Å². The molecule has 1 aromatic carbocycles. The first kappa shape index (κ1) is 22.0. The van der Waals surface area contributed by atoms with Crippen LogP contribution in [0.1, 0.15) is 25.3 Å². The fourth-order valence-corrected chi connectivity index (χ4v) is 1.98. The second-order valence-corrected chi connectivity index (χ2v) is 4.78. The minimum Gasteiger partial charge on any atom is -0.382 e. The van der Waals surface area contributed by atoms with Gasteiger partial charge in [0.25, 0.3) is 0 Å². The molecule has 7 heteroatoms. The van der Waals surface area contributed by atoms with Crippen LogP contribution < -0.4 is 10.6 Å². The van der Waals surface area contributed by atoms with Gasteiger partial charge in [0.05, 0.1) is 0 Å². The number of benzene rings is 1. The van der Waals surface area contributed by atoms with Gasteiger partial charge in [-0.3, -0.25) is 4.99 Å². The van der Waals surface area contributed by atoms with Crippen molar-refractivity contribution in [2.45, 2.75) is 26.2 Å². The third-order valence-electron chi connectivity index (χ3n) is 3.16. The number of nitrogens with zero attached hydrogens (tertiary/aromatic N) is 1. The lowest BCUT2D eigenvalue weighted by molar-refractivity contribution is 0.143. The molecule has 4 nitrogen and oxygen atoms in total. The number of nitrogens with one attached hydrogen (secondary N) is 2. The molecule has 0 heterocycles. The molecule has 2 N–H and O–H groups in total. The Hall–Kier alpha value is -0.960. The number of guanidine groups is 1. The van der Waals surface area contributed by atoms with Gasteiger partial charge >= 0.3 is 0 Å². The quantitative estimate of drug-likeness (QED) is 0.268. The molecule has 0 radical (unpaired) electrons. The van der Waals surface area contributed by atoms with E-state index in [2.05, 4.69) is 15.6 Å². The highest BCUT2D eigenvalue weighted by Crippen LogP contribution is 2.11. The Kier molecular flexibility index (Phi) is 12.9. The molecule has 0 bridgehead atoms. The minimum atomic E-state index is -0.513. The molecule has 0 fully saturated rings. The van der Waals surface area contributed by atoms with Crippen LogP contribution in [-0.4, -0.2) is 39.3 Å². The van der Waals surface area contributed by atoms with Crippen LogP contribution in [0, 0.1) is 11.6 Å². The lowest BCUT2D eigenvalue weighted by Crippen LogP contribution is -2.38. The Morgan fingerprint density at radius 1 is 1.13 bits per heavy atom. The maximum Gasteiger partial charge on any atom is 0.190 e. The van der Waals surface area contributed by atoms with Crippen molar-refractivity contribution in [3.63, 3.8) is 0 Å².